The highest BCUT2D eigenvalue weighted by atomic mass is 32.2. The smallest absolute Gasteiger partial charge is 0.215 e. The molecule has 0 aromatic heterocycles. The average Bonchev–Trinajstić information content (AvgIpc) is 2.53. The summed E-state index contributed by atoms with van der Waals surface area (Å²) in [7, 11) is -3.59. The molecule has 0 aliphatic carbocycles. The maximum atomic E-state index is 12.4. The third-order valence-electron chi connectivity index (χ3n) is 3.43. The van der Waals surface area contributed by atoms with E-state index in [1.165, 1.54) is 0 Å². The highest BCUT2D eigenvalue weighted by Gasteiger charge is 2.31. The Bertz CT molecular complexity index is 583. The minimum absolute atomic E-state index is 0.197. The Balaban J connectivity index is 2.23. The van der Waals surface area contributed by atoms with Gasteiger partial charge in [-0.2, -0.15) is 4.72 Å². The van der Waals surface area contributed by atoms with E-state index in [1.54, 1.807) is 30.3 Å². The van der Waals surface area contributed by atoms with E-state index in [9.17, 15) is 8.42 Å². The number of sulfonamides is 1. The molecular weight excluding hydrogens is 294 g/mol. The topological polar surface area (TPSA) is 114 Å². The van der Waals surface area contributed by atoms with Gasteiger partial charge in [-0.05, 0) is 18.4 Å². The third kappa shape index (κ3) is 3.93. The molecule has 0 radical (unpaired) electrons. The molecule has 0 saturated carbocycles. The van der Waals surface area contributed by atoms with Crippen LogP contribution < -0.4 is 10.5 Å². The second kappa shape index (κ2) is 6.88. The second-order valence-corrected chi connectivity index (χ2v) is 6.84. The van der Waals surface area contributed by atoms with E-state index in [1.807, 2.05) is 0 Å². The molecule has 2 rings (SSSR count). The van der Waals surface area contributed by atoms with Crippen molar-refractivity contribution >= 4 is 15.9 Å². The standard InChI is InChI=1S/C13H19N3O4S/c14-13(15-17)12(10-4-2-1-3-5-10)16-21(18,19)11-6-8-20-9-7-11/h1-5,11-12,16-17H,6-9H2,(H2,14,15). The molecular formula is C13H19N3O4S. The van der Waals surface area contributed by atoms with E-state index in [4.69, 9.17) is 15.7 Å². The zero-order chi connectivity index (χ0) is 15.3. The quantitative estimate of drug-likeness (QED) is 0.318. The van der Waals surface area contributed by atoms with Crippen molar-refractivity contribution in [1.29, 1.82) is 0 Å². The van der Waals surface area contributed by atoms with Crippen LogP contribution in [0, 0.1) is 0 Å². The molecule has 1 unspecified atom stereocenters. The molecule has 1 saturated heterocycles. The van der Waals surface area contributed by atoms with Crippen molar-refractivity contribution in [2.45, 2.75) is 24.1 Å². The Hall–Kier alpha value is -1.64. The highest BCUT2D eigenvalue weighted by Crippen LogP contribution is 2.20. The number of nitrogens with zero attached hydrogens (tertiary/aromatic N) is 1. The summed E-state index contributed by atoms with van der Waals surface area (Å²) in [6.07, 6.45) is 0.875. The zero-order valence-corrected chi connectivity index (χ0v) is 12.3. The predicted octanol–water partition coefficient (Wildman–Crippen LogP) is 0.573. The molecule has 0 spiro atoms. The minimum Gasteiger partial charge on any atom is -0.409 e. The zero-order valence-electron chi connectivity index (χ0n) is 11.5. The molecule has 1 heterocycles. The van der Waals surface area contributed by atoms with Gasteiger partial charge in [-0.1, -0.05) is 35.5 Å². The first-order valence-corrected chi connectivity index (χ1v) is 8.20. The Morgan fingerprint density at radius 1 is 1.33 bits per heavy atom. The summed E-state index contributed by atoms with van der Waals surface area (Å²) < 4.78 is 32.6. The van der Waals surface area contributed by atoms with Crippen LogP contribution in [-0.2, 0) is 14.8 Å². The summed E-state index contributed by atoms with van der Waals surface area (Å²) in [6.45, 7) is 0.844. The van der Waals surface area contributed by atoms with Crippen LogP contribution in [0.2, 0.25) is 0 Å². The number of oxime groups is 1. The maximum absolute atomic E-state index is 12.4. The number of nitrogens with one attached hydrogen (secondary N) is 1. The first-order valence-electron chi connectivity index (χ1n) is 6.66. The average molecular weight is 313 g/mol. The van der Waals surface area contributed by atoms with Gasteiger partial charge in [0.2, 0.25) is 10.0 Å². The van der Waals surface area contributed by atoms with Gasteiger partial charge < -0.3 is 15.7 Å². The van der Waals surface area contributed by atoms with Crippen LogP contribution in [0.25, 0.3) is 0 Å². The summed E-state index contributed by atoms with van der Waals surface area (Å²) in [5, 5.41) is 11.3. The second-order valence-electron chi connectivity index (χ2n) is 4.84. The van der Waals surface area contributed by atoms with Crippen LogP contribution in [0.5, 0.6) is 0 Å². The summed E-state index contributed by atoms with van der Waals surface area (Å²) in [6, 6.07) is 7.87. The van der Waals surface area contributed by atoms with Gasteiger partial charge in [-0.15, -0.1) is 0 Å². The Kier molecular flexibility index (Phi) is 5.16. The lowest BCUT2D eigenvalue weighted by Gasteiger charge is -2.25. The Morgan fingerprint density at radius 3 is 2.52 bits per heavy atom. The fraction of sp³-hybridized carbons (Fsp3) is 0.462. The van der Waals surface area contributed by atoms with Crippen molar-refractivity contribution in [3.8, 4) is 0 Å². The van der Waals surface area contributed by atoms with Gasteiger partial charge in [-0.3, -0.25) is 0 Å². The fourth-order valence-electron chi connectivity index (χ4n) is 2.25. The molecule has 0 bridgehead atoms. The van der Waals surface area contributed by atoms with E-state index in [-0.39, 0.29) is 5.84 Å². The number of hydrogen-bond donors (Lipinski definition) is 3. The van der Waals surface area contributed by atoms with Crippen molar-refractivity contribution in [3.63, 3.8) is 0 Å². The van der Waals surface area contributed by atoms with Crippen molar-refractivity contribution < 1.29 is 18.4 Å². The van der Waals surface area contributed by atoms with Crippen LogP contribution in [0.1, 0.15) is 24.4 Å². The summed E-state index contributed by atoms with van der Waals surface area (Å²) in [5.41, 5.74) is 6.25. The number of rotatable bonds is 5. The monoisotopic (exact) mass is 313 g/mol. The molecule has 7 nitrogen and oxygen atoms in total. The molecule has 1 aliphatic rings. The number of benzene rings is 1. The van der Waals surface area contributed by atoms with Crippen molar-refractivity contribution in [1.82, 2.24) is 4.72 Å². The summed E-state index contributed by atoms with van der Waals surface area (Å²) >= 11 is 0. The van der Waals surface area contributed by atoms with E-state index in [0.29, 0.717) is 31.6 Å². The third-order valence-corrected chi connectivity index (χ3v) is 5.35. The van der Waals surface area contributed by atoms with Crippen molar-refractivity contribution in [2.75, 3.05) is 13.2 Å². The fourth-order valence-corrected chi connectivity index (χ4v) is 3.84. The van der Waals surface area contributed by atoms with Crippen molar-refractivity contribution in [2.24, 2.45) is 10.9 Å². The Labute approximate surface area is 123 Å². The van der Waals surface area contributed by atoms with Gasteiger partial charge in [0.05, 0.1) is 5.25 Å². The molecule has 21 heavy (non-hydrogen) atoms. The maximum Gasteiger partial charge on any atom is 0.215 e. The molecule has 1 atom stereocenters. The van der Waals surface area contributed by atoms with Crippen molar-refractivity contribution in [3.05, 3.63) is 35.9 Å². The first-order chi connectivity index (χ1) is 10.0. The molecule has 4 N–H and O–H groups in total. The lowest BCUT2D eigenvalue weighted by atomic mass is 10.1. The lowest BCUT2D eigenvalue weighted by molar-refractivity contribution is 0.0981. The molecule has 1 aromatic carbocycles. The molecule has 116 valence electrons. The molecule has 1 fully saturated rings. The van der Waals surface area contributed by atoms with Gasteiger partial charge >= 0.3 is 0 Å². The number of nitrogens with two attached hydrogens (primary N) is 1. The molecule has 0 amide bonds. The molecule has 8 heteroatoms. The van der Waals surface area contributed by atoms with Crippen LogP contribution in [0.4, 0.5) is 0 Å². The van der Waals surface area contributed by atoms with Gasteiger partial charge in [0.15, 0.2) is 5.84 Å². The van der Waals surface area contributed by atoms with Gasteiger partial charge in [0.25, 0.3) is 0 Å². The van der Waals surface area contributed by atoms with Crippen LogP contribution in [0.15, 0.2) is 35.5 Å². The SMILES string of the molecule is NC(=NO)C(NS(=O)(=O)C1CCOCC1)c1ccccc1. The largest absolute Gasteiger partial charge is 0.409 e. The van der Waals surface area contributed by atoms with Crippen LogP contribution in [-0.4, -0.2) is 37.9 Å². The molecule has 1 aromatic rings. The normalized spacial score (nSPS) is 19.3. The lowest BCUT2D eigenvalue weighted by Crippen LogP contribution is -2.43. The highest BCUT2D eigenvalue weighted by molar-refractivity contribution is 7.90. The van der Waals surface area contributed by atoms with E-state index in [0.717, 1.165) is 0 Å². The van der Waals surface area contributed by atoms with Crippen LogP contribution >= 0.6 is 0 Å². The van der Waals surface area contributed by atoms with E-state index < -0.39 is 21.3 Å². The number of hydrogen-bond acceptors (Lipinski definition) is 5. The summed E-state index contributed by atoms with van der Waals surface area (Å²) in [5.74, 6) is -0.197. The molecule has 1 aliphatic heterocycles. The van der Waals surface area contributed by atoms with Gasteiger partial charge in [-0.25, -0.2) is 8.42 Å². The van der Waals surface area contributed by atoms with Crippen LogP contribution in [0.3, 0.4) is 0 Å². The summed E-state index contributed by atoms with van der Waals surface area (Å²) in [4.78, 5) is 0. The van der Waals surface area contributed by atoms with Gasteiger partial charge in [0, 0.05) is 13.2 Å². The minimum atomic E-state index is -3.59. The van der Waals surface area contributed by atoms with E-state index in [2.05, 4.69) is 9.88 Å². The number of ether oxygens (including phenoxy) is 1. The first kappa shape index (κ1) is 15.7. The van der Waals surface area contributed by atoms with E-state index >= 15 is 0 Å². The predicted molar refractivity (Wildman–Crippen MR) is 78.5 cm³/mol. The number of amidine groups is 1. The Morgan fingerprint density at radius 2 is 1.95 bits per heavy atom. The van der Waals surface area contributed by atoms with Gasteiger partial charge in [0.1, 0.15) is 6.04 Å².